The Bertz CT molecular complexity index is 1100. The summed E-state index contributed by atoms with van der Waals surface area (Å²) in [4.78, 5) is 40.9. The molecule has 0 bridgehead atoms. The van der Waals surface area contributed by atoms with E-state index in [0.29, 0.717) is 49.5 Å². The van der Waals surface area contributed by atoms with Crippen LogP contribution in [0.1, 0.15) is 79.2 Å². The first-order chi connectivity index (χ1) is 18.7. The Hall–Kier alpha value is -3.26. The quantitative estimate of drug-likeness (QED) is 0.314. The minimum atomic E-state index is -0.518. The number of nitrogens with two attached hydrogens (primary N) is 1. The summed E-state index contributed by atoms with van der Waals surface area (Å²) in [6.45, 7) is 7.90. The molecular weight excluding hydrogens is 495 g/mol. The minimum absolute atomic E-state index is 0.0425. The molecule has 4 N–H and O–H groups in total. The van der Waals surface area contributed by atoms with E-state index in [-0.39, 0.29) is 29.5 Å². The third-order valence-electron chi connectivity index (χ3n) is 7.18. The maximum absolute atomic E-state index is 13.5. The largest absolute Gasteiger partial charge is 0.356 e. The van der Waals surface area contributed by atoms with Gasteiger partial charge in [0.2, 0.25) is 5.91 Å². The van der Waals surface area contributed by atoms with Gasteiger partial charge in [0.1, 0.15) is 5.82 Å². The number of benzene rings is 2. The van der Waals surface area contributed by atoms with Crippen molar-refractivity contribution in [3.8, 4) is 0 Å². The highest BCUT2D eigenvalue weighted by molar-refractivity contribution is 5.99. The lowest BCUT2D eigenvalue weighted by molar-refractivity contribution is -0.124. The molecule has 39 heavy (non-hydrogen) atoms. The summed E-state index contributed by atoms with van der Waals surface area (Å²) >= 11 is 0. The fourth-order valence-corrected chi connectivity index (χ4v) is 4.69. The molecule has 1 aliphatic rings. The zero-order valence-electron chi connectivity index (χ0n) is 23.4. The van der Waals surface area contributed by atoms with Crippen LogP contribution in [0.4, 0.5) is 4.39 Å². The van der Waals surface area contributed by atoms with Crippen molar-refractivity contribution >= 4 is 17.7 Å². The fraction of sp³-hybridized carbons (Fsp3) is 0.516. The number of carbonyl (C=O) groups is 3. The lowest BCUT2D eigenvalue weighted by Gasteiger charge is -2.27. The normalized spacial score (nSPS) is 15.2. The second-order valence-electron chi connectivity index (χ2n) is 10.8. The molecule has 0 radical (unpaired) electrons. The monoisotopic (exact) mass is 538 g/mol. The van der Waals surface area contributed by atoms with Gasteiger partial charge in [0.15, 0.2) is 0 Å². The number of amides is 3. The molecule has 0 saturated heterocycles. The topological polar surface area (TPSA) is 105 Å². The van der Waals surface area contributed by atoms with Gasteiger partial charge in [-0.05, 0) is 80.3 Å². The first-order valence-corrected chi connectivity index (χ1v) is 14.2. The molecule has 3 atom stereocenters. The fourth-order valence-electron chi connectivity index (χ4n) is 4.69. The summed E-state index contributed by atoms with van der Waals surface area (Å²) in [6, 6.07) is 11.8. The number of rotatable bonds is 15. The average Bonchev–Trinajstić information content (AvgIpc) is 3.76. The number of nitrogens with one attached hydrogen (secondary N) is 2. The molecule has 3 rings (SSSR count). The summed E-state index contributed by atoms with van der Waals surface area (Å²) in [5.74, 6) is -0.575. The molecule has 1 saturated carbocycles. The van der Waals surface area contributed by atoms with Gasteiger partial charge in [-0.15, -0.1) is 0 Å². The van der Waals surface area contributed by atoms with Crippen molar-refractivity contribution in [2.24, 2.45) is 17.6 Å². The summed E-state index contributed by atoms with van der Waals surface area (Å²) in [5.41, 5.74) is 8.23. The molecule has 212 valence electrons. The van der Waals surface area contributed by atoms with Gasteiger partial charge in [0.05, 0.1) is 0 Å². The summed E-state index contributed by atoms with van der Waals surface area (Å²) in [5, 5.41) is 6.03. The lowest BCUT2D eigenvalue weighted by Crippen LogP contribution is -2.50. The van der Waals surface area contributed by atoms with E-state index in [1.165, 1.54) is 12.1 Å². The first kappa shape index (κ1) is 30.3. The van der Waals surface area contributed by atoms with E-state index in [4.69, 9.17) is 5.73 Å². The van der Waals surface area contributed by atoms with Crippen molar-refractivity contribution in [1.82, 2.24) is 15.5 Å². The van der Waals surface area contributed by atoms with Crippen LogP contribution in [0.3, 0.4) is 0 Å². The van der Waals surface area contributed by atoms with Crippen LogP contribution in [0, 0.1) is 17.7 Å². The smallest absolute Gasteiger partial charge is 0.253 e. The highest BCUT2D eigenvalue weighted by atomic mass is 19.1. The third kappa shape index (κ3) is 9.46. The predicted octanol–water partition coefficient (Wildman–Crippen LogP) is 4.31. The van der Waals surface area contributed by atoms with E-state index in [1.54, 1.807) is 41.3 Å². The second-order valence-corrected chi connectivity index (χ2v) is 10.8. The Morgan fingerprint density at radius 1 is 1.03 bits per heavy atom. The van der Waals surface area contributed by atoms with E-state index < -0.39 is 12.1 Å². The average molecular weight is 539 g/mol. The maximum Gasteiger partial charge on any atom is 0.253 e. The number of halogens is 1. The molecule has 7 nitrogen and oxygen atoms in total. The molecule has 3 amide bonds. The Kier molecular flexibility index (Phi) is 11.5. The zero-order chi connectivity index (χ0) is 28.4. The highest BCUT2D eigenvalue weighted by Crippen LogP contribution is 2.27. The molecule has 0 heterocycles. The van der Waals surface area contributed by atoms with E-state index in [1.807, 2.05) is 20.8 Å². The van der Waals surface area contributed by atoms with E-state index in [0.717, 1.165) is 31.2 Å². The van der Waals surface area contributed by atoms with E-state index >= 15 is 0 Å². The number of nitrogens with zero attached hydrogens (tertiary/aromatic N) is 1. The molecule has 2 aromatic rings. The molecule has 0 spiro atoms. The number of hydrogen-bond acceptors (Lipinski definition) is 4. The van der Waals surface area contributed by atoms with Crippen molar-refractivity contribution in [3.63, 3.8) is 0 Å². The Morgan fingerprint density at radius 3 is 2.28 bits per heavy atom. The molecule has 1 fully saturated rings. The van der Waals surface area contributed by atoms with Crippen molar-refractivity contribution in [3.05, 3.63) is 71.0 Å². The summed E-state index contributed by atoms with van der Waals surface area (Å²) in [6.07, 6.45) is 4.77. The molecule has 1 aliphatic carbocycles. The molecule has 0 aromatic heterocycles. The van der Waals surface area contributed by atoms with Crippen molar-refractivity contribution in [2.45, 2.75) is 71.4 Å². The highest BCUT2D eigenvalue weighted by Gasteiger charge is 2.27. The van der Waals surface area contributed by atoms with Gasteiger partial charge in [-0.1, -0.05) is 39.0 Å². The Balaban J connectivity index is 1.73. The van der Waals surface area contributed by atoms with Crippen LogP contribution in [-0.2, 0) is 11.2 Å². The minimum Gasteiger partial charge on any atom is -0.356 e. The maximum atomic E-state index is 13.5. The molecule has 0 unspecified atom stereocenters. The van der Waals surface area contributed by atoms with Gasteiger partial charge in [0.25, 0.3) is 11.8 Å². The van der Waals surface area contributed by atoms with Gasteiger partial charge >= 0.3 is 0 Å². The van der Waals surface area contributed by atoms with E-state index in [2.05, 4.69) is 10.6 Å². The van der Waals surface area contributed by atoms with Crippen LogP contribution in [-0.4, -0.2) is 54.3 Å². The van der Waals surface area contributed by atoms with Crippen LogP contribution in [0.5, 0.6) is 0 Å². The van der Waals surface area contributed by atoms with Crippen LogP contribution in [0.25, 0.3) is 0 Å². The SMILES string of the molecule is CCCN(CCC)C(=O)c1cccc(C(=O)N[C@@H](Cc2ccc(F)cc2)[C@@H](N)C[C@@H](C)C(=O)NCC2CC2)c1. The van der Waals surface area contributed by atoms with Crippen molar-refractivity contribution in [1.29, 1.82) is 0 Å². The molecular formula is C31H43FN4O3. The van der Waals surface area contributed by atoms with Crippen LogP contribution in [0.15, 0.2) is 48.5 Å². The molecule has 2 aromatic carbocycles. The van der Waals surface area contributed by atoms with Gasteiger partial charge in [-0.25, -0.2) is 4.39 Å². The molecule has 8 heteroatoms. The summed E-state index contributed by atoms with van der Waals surface area (Å²) < 4.78 is 13.5. The van der Waals surface area contributed by atoms with Crippen LogP contribution in [0.2, 0.25) is 0 Å². The van der Waals surface area contributed by atoms with Gasteiger partial charge < -0.3 is 21.3 Å². The number of carbonyl (C=O) groups excluding carboxylic acids is 3. The Morgan fingerprint density at radius 2 is 1.67 bits per heavy atom. The molecule has 0 aliphatic heterocycles. The Labute approximate surface area is 231 Å². The predicted molar refractivity (Wildman–Crippen MR) is 152 cm³/mol. The second kappa shape index (κ2) is 14.8. The lowest BCUT2D eigenvalue weighted by atomic mass is 9.91. The van der Waals surface area contributed by atoms with Crippen molar-refractivity contribution in [2.75, 3.05) is 19.6 Å². The number of hydrogen-bond donors (Lipinski definition) is 3. The standard InChI is InChI=1S/C31H43FN4O3/c1-4-15-36(16-5-2)31(39)25-8-6-7-24(19-25)30(38)35-28(18-22-11-13-26(32)14-12-22)27(33)17-21(3)29(37)34-20-23-9-10-23/h6-8,11-14,19,21,23,27-28H,4-5,9-10,15-18,20,33H2,1-3H3,(H,34,37)(H,35,38)/t21-,27+,28+/m1/s1. The summed E-state index contributed by atoms with van der Waals surface area (Å²) in [7, 11) is 0. The van der Waals surface area contributed by atoms with Gasteiger partial charge in [-0.2, -0.15) is 0 Å². The third-order valence-corrected chi connectivity index (χ3v) is 7.18. The first-order valence-electron chi connectivity index (χ1n) is 14.2. The van der Waals surface area contributed by atoms with Gasteiger partial charge in [0, 0.05) is 48.8 Å². The van der Waals surface area contributed by atoms with Crippen LogP contribution < -0.4 is 16.4 Å². The zero-order valence-corrected chi connectivity index (χ0v) is 23.4. The van der Waals surface area contributed by atoms with E-state index in [9.17, 15) is 18.8 Å². The van der Waals surface area contributed by atoms with Gasteiger partial charge in [-0.3, -0.25) is 14.4 Å². The van der Waals surface area contributed by atoms with Crippen molar-refractivity contribution < 1.29 is 18.8 Å². The van der Waals surface area contributed by atoms with Crippen LogP contribution >= 0.6 is 0 Å².